The van der Waals surface area contributed by atoms with E-state index in [4.69, 9.17) is 9.47 Å². The zero-order valence-electron chi connectivity index (χ0n) is 13.4. The lowest BCUT2D eigenvalue weighted by molar-refractivity contribution is 0.304. The summed E-state index contributed by atoms with van der Waals surface area (Å²) in [4.78, 5) is 8.87. The Morgan fingerprint density at radius 2 is 1.95 bits per heavy atom. The van der Waals surface area contributed by atoms with Crippen LogP contribution in [0.5, 0.6) is 11.6 Å². The van der Waals surface area contributed by atoms with Crippen LogP contribution >= 0.6 is 0 Å². The number of aromatic nitrogens is 2. The van der Waals surface area contributed by atoms with Crippen LogP contribution in [0, 0.1) is 0 Å². The normalized spacial score (nSPS) is 10.3. The molecular weight excluding hydrogens is 278 g/mol. The lowest BCUT2D eigenvalue weighted by Gasteiger charge is -2.12. The maximum Gasteiger partial charge on any atom is 0.218 e. The third-order valence-electron chi connectivity index (χ3n) is 3.17. The van der Waals surface area contributed by atoms with Crippen molar-refractivity contribution >= 4 is 5.82 Å². The molecule has 0 saturated carbocycles. The van der Waals surface area contributed by atoms with Gasteiger partial charge in [-0.3, -0.25) is 0 Å². The molecule has 1 heterocycles. The molecule has 5 nitrogen and oxygen atoms in total. The number of nitrogens with one attached hydrogen (secondary N) is 1. The Morgan fingerprint density at radius 3 is 2.68 bits per heavy atom. The van der Waals surface area contributed by atoms with Crippen LogP contribution in [0.2, 0.25) is 0 Å². The van der Waals surface area contributed by atoms with Crippen molar-refractivity contribution in [1.82, 2.24) is 9.97 Å². The van der Waals surface area contributed by atoms with Crippen molar-refractivity contribution in [3.8, 4) is 11.6 Å². The molecule has 0 amide bonds. The lowest BCUT2D eigenvalue weighted by atomic mass is 10.2. The molecule has 0 atom stereocenters. The fraction of sp³-hybridized carbons (Fsp3) is 0.412. The van der Waals surface area contributed by atoms with Gasteiger partial charge in [-0.2, -0.15) is 4.98 Å². The lowest BCUT2D eigenvalue weighted by Crippen LogP contribution is -2.07. The SMILES string of the molecule is CCCOc1cc(NCc2ccccc2OC)nc(CC)n1. The number of rotatable bonds is 8. The van der Waals surface area contributed by atoms with Crippen molar-refractivity contribution in [2.75, 3.05) is 19.0 Å². The highest BCUT2D eigenvalue weighted by atomic mass is 16.5. The Kier molecular flexibility index (Phi) is 6.01. The van der Waals surface area contributed by atoms with E-state index >= 15 is 0 Å². The molecule has 0 aliphatic heterocycles. The summed E-state index contributed by atoms with van der Waals surface area (Å²) in [6.45, 7) is 5.40. The highest BCUT2D eigenvalue weighted by Gasteiger charge is 2.06. The molecule has 2 aromatic rings. The van der Waals surface area contributed by atoms with Gasteiger partial charge in [0.25, 0.3) is 0 Å². The molecule has 0 fully saturated rings. The average molecular weight is 301 g/mol. The summed E-state index contributed by atoms with van der Waals surface area (Å²) in [6, 6.07) is 9.77. The van der Waals surface area contributed by atoms with Crippen LogP contribution in [0.15, 0.2) is 30.3 Å². The van der Waals surface area contributed by atoms with Gasteiger partial charge in [-0.1, -0.05) is 32.0 Å². The smallest absolute Gasteiger partial charge is 0.218 e. The first-order valence-electron chi connectivity index (χ1n) is 7.63. The number of anilines is 1. The van der Waals surface area contributed by atoms with E-state index < -0.39 is 0 Å². The quantitative estimate of drug-likeness (QED) is 0.809. The van der Waals surface area contributed by atoms with Gasteiger partial charge in [-0.15, -0.1) is 0 Å². The summed E-state index contributed by atoms with van der Waals surface area (Å²) >= 11 is 0. The maximum atomic E-state index is 5.62. The van der Waals surface area contributed by atoms with Crippen LogP contribution in [0.25, 0.3) is 0 Å². The Bertz CT molecular complexity index is 602. The number of hydrogen-bond acceptors (Lipinski definition) is 5. The summed E-state index contributed by atoms with van der Waals surface area (Å²) in [5, 5.41) is 3.32. The molecule has 0 bridgehead atoms. The number of aryl methyl sites for hydroxylation is 1. The minimum absolute atomic E-state index is 0.622. The monoisotopic (exact) mass is 301 g/mol. The number of nitrogens with zero attached hydrogens (tertiary/aromatic N) is 2. The zero-order valence-corrected chi connectivity index (χ0v) is 13.4. The number of hydrogen-bond donors (Lipinski definition) is 1. The van der Waals surface area contributed by atoms with E-state index in [1.165, 1.54) is 0 Å². The van der Waals surface area contributed by atoms with Crippen LogP contribution in [-0.2, 0) is 13.0 Å². The third kappa shape index (κ3) is 4.35. The van der Waals surface area contributed by atoms with Crippen LogP contribution in [0.3, 0.4) is 0 Å². The van der Waals surface area contributed by atoms with Gasteiger partial charge in [-0.25, -0.2) is 4.98 Å². The molecule has 5 heteroatoms. The summed E-state index contributed by atoms with van der Waals surface area (Å²) < 4.78 is 11.0. The van der Waals surface area contributed by atoms with E-state index in [1.54, 1.807) is 7.11 Å². The third-order valence-corrected chi connectivity index (χ3v) is 3.17. The van der Waals surface area contributed by atoms with Gasteiger partial charge in [0.2, 0.25) is 5.88 Å². The minimum atomic E-state index is 0.622. The summed E-state index contributed by atoms with van der Waals surface area (Å²) in [5.41, 5.74) is 1.08. The molecule has 0 unspecified atom stereocenters. The number of methoxy groups -OCH3 is 1. The molecule has 22 heavy (non-hydrogen) atoms. The molecule has 0 radical (unpaired) electrons. The standard InChI is InChI=1S/C17H23N3O2/c1-4-10-22-17-11-16(19-15(5-2)20-17)18-12-13-8-6-7-9-14(13)21-3/h6-9,11H,4-5,10,12H2,1-3H3,(H,18,19,20). The molecule has 0 spiro atoms. The van der Waals surface area contributed by atoms with Gasteiger partial charge >= 0.3 is 0 Å². The van der Waals surface area contributed by atoms with Crippen molar-refractivity contribution in [3.05, 3.63) is 41.7 Å². The van der Waals surface area contributed by atoms with Crippen molar-refractivity contribution in [2.45, 2.75) is 33.2 Å². The second kappa shape index (κ2) is 8.22. The summed E-state index contributed by atoms with van der Waals surface area (Å²) in [7, 11) is 1.68. The van der Waals surface area contributed by atoms with E-state index in [2.05, 4.69) is 22.2 Å². The molecule has 1 aromatic carbocycles. The van der Waals surface area contributed by atoms with Gasteiger partial charge < -0.3 is 14.8 Å². The predicted molar refractivity (Wildman–Crippen MR) is 87.5 cm³/mol. The van der Waals surface area contributed by atoms with E-state index in [1.807, 2.05) is 37.3 Å². The molecule has 0 aliphatic carbocycles. The van der Waals surface area contributed by atoms with Crippen LogP contribution < -0.4 is 14.8 Å². The highest BCUT2D eigenvalue weighted by Crippen LogP contribution is 2.20. The van der Waals surface area contributed by atoms with Gasteiger partial charge in [0.05, 0.1) is 13.7 Å². The first-order valence-corrected chi connectivity index (χ1v) is 7.63. The van der Waals surface area contributed by atoms with Crippen LogP contribution in [-0.4, -0.2) is 23.7 Å². The maximum absolute atomic E-state index is 5.62. The van der Waals surface area contributed by atoms with Crippen LogP contribution in [0.4, 0.5) is 5.82 Å². The summed E-state index contributed by atoms with van der Waals surface area (Å²) in [5.74, 6) is 3.03. The average Bonchev–Trinajstić information content (AvgIpc) is 2.58. The number of para-hydroxylation sites is 1. The fourth-order valence-corrected chi connectivity index (χ4v) is 2.04. The van der Waals surface area contributed by atoms with Crippen molar-refractivity contribution in [3.63, 3.8) is 0 Å². The van der Waals surface area contributed by atoms with Crippen molar-refractivity contribution in [1.29, 1.82) is 0 Å². The molecule has 0 saturated heterocycles. The minimum Gasteiger partial charge on any atom is -0.496 e. The van der Waals surface area contributed by atoms with E-state index in [0.29, 0.717) is 19.0 Å². The van der Waals surface area contributed by atoms with E-state index in [0.717, 1.165) is 35.8 Å². The fourth-order valence-electron chi connectivity index (χ4n) is 2.04. The predicted octanol–water partition coefficient (Wildman–Crippen LogP) is 3.45. The topological polar surface area (TPSA) is 56.3 Å². The van der Waals surface area contributed by atoms with Gasteiger partial charge in [-0.05, 0) is 12.5 Å². The van der Waals surface area contributed by atoms with Gasteiger partial charge in [0.15, 0.2) is 0 Å². The zero-order chi connectivity index (χ0) is 15.8. The number of ether oxygens (including phenoxy) is 2. The van der Waals surface area contributed by atoms with Gasteiger partial charge in [0.1, 0.15) is 17.4 Å². The molecule has 1 aromatic heterocycles. The molecule has 2 rings (SSSR count). The van der Waals surface area contributed by atoms with Crippen molar-refractivity contribution < 1.29 is 9.47 Å². The first-order chi connectivity index (χ1) is 10.8. The Hall–Kier alpha value is -2.30. The largest absolute Gasteiger partial charge is 0.496 e. The summed E-state index contributed by atoms with van der Waals surface area (Å²) in [6.07, 6.45) is 1.72. The van der Waals surface area contributed by atoms with E-state index in [9.17, 15) is 0 Å². The van der Waals surface area contributed by atoms with Gasteiger partial charge in [0, 0.05) is 24.6 Å². The highest BCUT2D eigenvalue weighted by molar-refractivity contribution is 5.42. The van der Waals surface area contributed by atoms with Crippen molar-refractivity contribution in [2.24, 2.45) is 0 Å². The molecule has 0 aliphatic rings. The molecule has 1 N–H and O–H groups in total. The second-order valence-corrected chi connectivity index (χ2v) is 4.88. The first kappa shape index (κ1) is 16.1. The molecular formula is C17H23N3O2. The Labute approximate surface area is 131 Å². The Morgan fingerprint density at radius 1 is 1.14 bits per heavy atom. The Balaban J connectivity index is 2.11. The number of benzene rings is 1. The van der Waals surface area contributed by atoms with Crippen LogP contribution in [0.1, 0.15) is 31.7 Å². The second-order valence-electron chi connectivity index (χ2n) is 4.88. The molecule has 118 valence electrons. The van der Waals surface area contributed by atoms with E-state index in [-0.39, 0.29) is 0 Å².